The first-order chi connectivity index (χ1) is 4.52. The standard InChI is InChI=1S/C7H15NO2/c1-5(3-6(2)8)4-7(9)10/h5-6H,3-4,8H2,1-2H3,(H,9,10). The molecule has 0 fully saturated rings. The molecule has 3 nitrogen and oxygen atoms in total. The van der Waals surface area contributed by atoms with Gasteiger partial charge in [0.25, 0.3) is 0 Å². The van der Waals surface area contributed by atoms with Crippen molar-refractivity contribution >= 4 is 5.97 Å². The normalized spacial score (nSPS) is 16.3. The highest BCUT2D eigenvalue weighted by atomic mass is 16.4. The quantitative estimate of drug-likeness (QED) is 0.616. The zero-order valence-electron chi connectivity index (χ0n) is 6.50. The molecule has 0 aliphatic rings. The van der Waals surface area contributed by atoms with Gasteiger partial charge in [-0.05, 0) is 19.3 Å². The van der Waals surface area contributed by atoms with E-state index in [0.717, 1.165) is 6.42 Å². The smallest absolute Gasteiger partial charge is 0.303 e. The largest absolute Gasteiger partial charge is 0.481 e. The molecule has 0 aromatic rings. The van der Waals surface area contributed by atoms with Crippen LogP contribution in [-0.2, 0) is 4.79 Å². The summed E-state index contributed by atoms with van der Waals surface area (Å²) in [5, 5.41) is 8.36. The number of aliphatic carboxylic acids is 1. The molecular formula is C7H15NO2. The minimum atomic E-state index is -0.742. The second-order valence-electron chi connectivity index (χ2n) is 2.92. The van der Waals surface area contributed by atoms with Crippen LogP contribution in [0.5, 0.6) is 0 Å². The molecule has 0 aromatic carbocycles. The second kappa shape index (κ2) is 4.28. The Morgan fingerprint density at radius 2 is 2.10 bits per heavy atom. The van der Waals surface area contributed by atoms with Gasteiger partial charge < -0.3 is 10.8 Å². The van der Waals surface area contributed by atoms with Gasteiger partial charge in [0, 0.05) is 12.5 Å². The molecular weight excluding hydrogens is 130 g/mol. The summed E-state index contributed by atoms with van der Waals surface area (Å²) < 4.78 is 0. The van der Waals surface area contributed by atoms with Crippen molar-refractivity contribution in [2.45, 2.75) is 32.7 Å². The Bertz CT molecular complexity index is 112. The van der Waals surface area contributed by atoms with Crippen molar-refractivity contribution in [3.05, 3.63) is 0 Å². The molecule has 0 saturated carbocycles. The van der Waals surface area contributed by atoms with Crippen LogP contribution in [0.15, 0.2) is 0 Å². The molecule has 0 heterocycles. The lowest BCUT2D eigenvalue weighted by Gasteiger charge is -2.10. The third-order valence-corrected chi connectivity index (χ3v) is 1.30. The topological polar surface area (TPSA) is 63.3 Å². The predicted octanol–water partition coefficient (Wildman–Crippen LogP) is 0.835. The average Bonchev–Trinajstić information content (AvgIpc) is 1.58. The summed E-state index contributed by atoms with van der Waals surface area (Å²) in [6.45, 7) is 3.79. The minimum Gasteiger partial charge on any atom is -0.481 e. The van der Waals surface area contributed by atoms with Gasteiger partial charge in [0.1, 0.15) is 0 Å². The lowest BCUT2D eigenvalue weighted by atomic mass is 10.0. The van der Waals surface area contributed by atoms with Crippen molar-refractivity contribution in [3.8, 4) is 0 Å². The van der Waals surface area contributed by atoms with Gasteiger partial charge in [-0.1, -0.05) is 6.92 Å². The maximum Gasteiger partial charge on any atom is 0.303 e. The zero-order chi connectivity index (χ0) is 8.15. The number of hydrogen-bond donors (Lipinski definition) is 2. The summed E-state index contributed by atoms with van der Waals surface area (Å²) in [5.41, 5.74) is 5.48. The van der Waals surface area contributed by atoms with E-state index in [2.05, 4.69) is 0 Å². The fourth-order valence-electron chi connectivity index (χ4n) is 1.02. The fourth-order valence-corrected chi connectivity index (χ4v) is 1.02. The Kier molecular flexibility index (Phi) is 4.03. The molecule has 0 amide bonds. The lowest BCUT2D eigenvalue weighted by molar-refractivity contribution is -0.138. The SMILES string of the molecule is CC(N)CC(C)CC(=O)O. The van der Waals surface area contributed by atoms with Crippen molar-refractivity contribution in [1.29, 1.82) is 0 Å². The first-order valence-electron chi connectivity index (χ1n) is 3.49. The van der Waals surface area contributed by atoms with Gasteiger partial charge in [-0.25, -0.2) is 0 Å². The molecule has 3 heteroatoms. The molecule has 0 saturated heterocycles. The van der Waals surface area contributed by atoms with Crippen LogP contribution in [0.3, 0.4) is 0 Å². The molecule has 0 aliphatic carbocycles. The van der Waals surface area contributed by atoms with Crippen LogP contribution < -0.4 is 5.73 Å². The highest BCUT2D eigenvalue weighted by Crippen LogP contribution is 2.08. The number of carboxylic acid groups (broad SMARTS) is 1. The van der Waals surface area contributed by atoms with Crippen LogP contribution in [0, 0.1) is 5.92 Å². The van der Waals surface area contributed by atoms with Crippen molar-refractivity contribution < 1.29 is 9.90 Å². The van der Waals surface area contributed by atoms with Crippen molar-refractivity contribution in [2.24, 2.45) is 11.7 Å². The van der Waals surface area contributed by atoms with Crippen LogP contribution in [0.4, 0.5) is 0 Å². The van der Waals surface area contributed by atoms with Crippen LogP contribution in [0.1, 0.15) is 26.7 Å². The van der Waals surface area contributed by atoms with Crippen molar-refractivity contribution in [2.75, 3.05) is 0 Å². The molecule has 0 rings (SSSR count). The molecule has 2 unspecified atom stereocenters. The summed E-state index contributed by atoms with van der Waals surface area (Å²) in [5.74, 6) is -0.550. The Balaban J connectivity index is 3.43. The third kappa shape index (κ3) is 5.56. The molecule has 0 aliphatic heterocycles. The summed E-state index contributed by atoms with van der Waals surface area (Å²) in [7, 11) is 0. The van der Waals surface area contributed by atoms with E-state index < -0.39 is 5.97 Å². The van der Waals surface area contributed by atoms with Gasteiger partial charge in [-0.2, -0.15) is 0 Å². The molecule has 2 atom stereocenters. The molecule has 3 N–H and O–H groups in total. The number of carbonyl (C=O) groups is 1. The Labute approximate surface area is 61.2 Å². The van der Waals surface area contributed by atoms with E-state index in [1.165, 1.54) is 0 Å². The number of hydrogen-bond acceptors (Lipinski definition) is 2. The summed E-state index contributed by atoms with van der Waals surface area (Å²) in [4.78, 5) is 10.2. The second-order valence-corrected chi connectivity index (χ2v) is 2.92. The lowest BCUT2D eigenvalue weighted by Crippen LogP contribution is -2.19. The van der Waals surface area contributed by atoms with Crippen LogP contribution in [0.25, 0.3) is 0 Å². The number of nitrogens with two attached hydrogens (primary N) is 1. The Hall–Kier alpha value is -0.570. The van der Waals surface area contributed by atoms with Gasteiger partial charge in [0.2, 0.25) is 0 Å². The fraction of sp³-hybridized carbons (Fsp3) is 0.857. The Morgan fingerprint density at radius 3 is 2.40 bits per heavy atom. The predicted molar refractivity (Wildman–Crippen MR) is 39.7 cm³/mol. The zero-order valence-corrected chi connectivity index (χ0v) is 6.50. The van der Waals surface area contributed by atoms with Gasteiger partial charge in [-0.3, -0.25) is 4.79 Å². The van der Waals surface area contributed by atoms with Crippen molar-refractivity contribution in [3.63, 3.8) is 0 Å². The van der Waals surface area contributed by atoms with Gasteiger partial charge >= 0.3 is 5.97 Å². The van der Waals surface area contributed by atoms with E-state index in [9.17, 15) is 4.79 Å². The molecule has 60 valence electrons. The molecule has 0 aromatic heterocycles. The van der Waals surface area contributed by atoms with E-state index in [0.29, 0.717) is 0 Å². The summed E-state index contributed by atoms with van der Waals surface area (Å²) in [6.07, 6.45) is 1.01. The summed E-state index contributed by atoms with van der Waals surface area (Å²) >= 11 is 0. The molecule has 0 bridgehead atoms. The van der Waals surface area contributed by atoms with Crippen LogP contribution in [0.2, 0.25) is 0 Å². The summed E-state index contributed by atoms with van der Waals surface area (Å²) in [6, 6.07) is 0.106. The van der Waals surface area contributed by atoms with Crippen molar-refractivity contribution in [1.82, 2.24) is 0 Å². The van der Waals surface area contributed by atoms with Gasteiger partial charge in [0.15, 0.2) is 0 Å². The molecule has 10 heavy (non-hydrogen) atoms. The van der Waals surface area contributed by atoms with E-state index in [-0.39, 0.29) is 18.4 Å². The minimum absolute atomic E-state index is 0.106. The molecule has 0 spiro atoms. The first kappa shape index (κ1) is 9.43. The Morgan fingerprint density at radius 1 is 1.60 bits per heavy atom. The highest BCUT2D eigenvalue weighted by molar-refractivity contribution is 5.66. The average molecular weight is 145 g/mol. The molecule has 0 radical (unpaired) electrons. The maximum atomic E-state index is 10.2. The monoisotopic (exact) mass is 145 g/mol. The highest BCUT2D eigenvalue weighted by Gasteiger charge is 2.08. The van der Waals surface area contributed by atoms with Crippen LogP contribution >= 0.6 is 0 Å². The number of carboxylic acids is 1. The maximum absolute atomic E-state index is 10.2. The van der Waals surface area contributed by atoms with E-state index in [4.69, 9.17) is 10.8 Å². The van der Waals surface area contributed by atoms with E-state index >= 15 is 0 Å². The van der Waals surface area contributed by atoms with E-state index in [1.54, 1.807) is 0 Å². The van der Waals surface area contributed by atoms with E-state index in [1.807, 2.05) is 13.8 Å². The first-order valence-corrected chi connectivity index (χ1v) is 3.49. The number of rotatable bonds is 4. The van der Waals surface area contributed by atoms with Crippen LogP contribution in [-0.4, -0.2) is 17.1 Å². The third-order valence-electron chi connectivity index (χ3n) is 1.30. The van der Waals surface area contributed by atoms with Gasteiger partial charge in [0.05, 0.1) is 0 Å². The van der Waals surface area contributed by atoms with Gasteiger partial charge in [-0.15, -0.1) is 0 Å².